The number of rotatable bonds is 3. The lowest BCUT2D eigenvalue weighted by Crippen LogP contribution is -2.31. The average Bonchev–Trinajstić information content (AvgIpc) is 2.29. The highest BCUT2D eigenvalue weighted by Gasteiger charge is 2.23. The summed E-state index contributed by atoms with van der Waals surface area (Å²) in [5, 5.41) is 2.78. The van der Waals surface area contributed by atoms with E-state index in [4.69, 9.17) is 5.73 Å². The maximum atomic E-state index is 11.6. The Morgan fingerprint density at radius 1 is 1.56 bits per heavy atom. The number of thioether (sulfide) groups is 1. The van der Waals surface area contributed by atoms with Gasteiger partial charge in [-0.25, -0.2) is 0 Å². The lowest BCUT2D eigenvalue weighted by molar-refractivity contribution is -0.117. The predicted molar refractivity (Wildman–Crippen MR) is 72.9 cm³/mol. The maximum Gasteiger partial charge on any atom is 0.237 e. The number of carbonyl (C=O) groups excluding carboxylic acids is 2. The van der Waals surface area contributed by atoms with E-state index in [1.54, 1.807) is 11.9 Å². The van der Waals surface area contributed by atoms with Crippen LogP contribution in [0.3, 0.4) is 0 Å². The molecule has 0 aliphatic carbocycles. The van der Waals surface area contributed by atoms with E-state index in [1.807, 2.05) is 25.1 Å². The van der Waals surface area contributed by atoms with Crippen molar-refractivity contribution in [1.29, 1.82) is 0 Å². The number of hydrogen-bond acceptors (Lipinski definition) is 4. The zero-order valence-corrected chi connectivity index (χ0v) is 11.1. The fraction of sp³-hybridized carbons (Fsp3) is 0.333. The Morgan fingerprint density at radius 3 is 2.94 bits per heavy atom. The fourth-order valence-electron chi connectivity index (χ4n) is 1.76. The molecule has 0 saturated carbocycles. The zero-order valence-electron chi connectivity index (χ0n) is 10.3. The van der Waals surface area contributed by atoms with Crippen LogP contribution in [-0.2, 0) is 9.59 Å². The van der Waals surface area contributed by atoms with Crippen molar-refractivity contribution in [3.8, 4) is 0 Å². The first-order valence-electron chi connectivity index (χ1n) is 5.58. The van der Waals surface area contributed by atoms with Gasteiger partial charge >= 0.3 is 0 Å². The van der Waals surface area contributed by atoms with Gasteiger partial charge in [-0.2, -0.15) is 0 Å². The Morgan fingerprint density at radius 2 is 2.28 bits per heavy atom. The third-order valence-electron chi connectivity index (χ3n) is 2.73. The van der Waals surface area contributed by atoms with Crippen molar-refractivity contribution in [2.24, 2.45) is 5.73 Å². The molecular formula is C12H15N3O2S. The minimum absolute atomic E-state index is 0.00204. The molecule has 0 bridgehead atoms. The molecular weight excluding hydrogens is 250 g/mol. The molecule has 1 aliphatic heterocycles. The molecule has 18 heavy (non-hydrogen) atoms. The molecule has 3 N–H and O–H groups in total. The summed E-state index contributed by atoms with van der Waals surface area (Å²) in [7, 11) is 1.78. The molecule has 2 rings (SSSR count). The van der Waals surface area contributed by atoms with Gasteiger partial charge in [-0.15, -0.1) is 11.8 Å². The number of nitrogens with zero attached hydrogens (tertiary/aromatic N) is 1. The van der Waals surface area contributed by atoms with Crippen LogP contribution in [0.2, 0.25) is 0 Å². The van der Waals surface area contributed by atoms with Crippen LogP contribution in [0.25, 0.3) is 0 Å². The second-order valence-electron chi connectivity index (χ2n) is 4.25. The van der Waals surface area contributed by atoms with E-state index in [0.717, 1.165) is 16.3 Å². The van der Waals surface area contributed by atoms with Crippen LogP contribution in [-0.4, -0.2) is 30.7 Å². The van der Waals surface area contributed by atoms with Gasteiger partial charge in [0.05, 0.1) is 17.5 Å². The van der Waals surface area contributed by atoms with Crippen molar-refractivity contribution in [3.05, 3.63) is 18.2 Å². The second-order valence-corrected chi connectivity index (χ2v) is 5.63. The van der Waals surface area contributed by atoms with E-state index in [2.05, 4.69) is 5.32 Å². The van der Waals surface area contributed by atoms with Gasteiger partial charge in [0.15, 0.2) is 0 Å². The van der Waals surface area contributed by atoms with Crippen molar-refractivity contribution in [1.82, 2.24) is 0 Å². The smallest absolute Gasteiger partial charge is 0.237 e. The summed E-state index contributed by atoms with van der Waals surface area (Å²) >= 11 is 1.53. The number of likely N-dealkylation sites (N-methyl/N-ethyl adjacent to an activating group) is 1. The molecule has 1 aromatic carbocycles. The molecule has 1 atom stereocenters. The minimum atomic E-state index is -0.387. The van der Waals surface area contributed by atoms with E-state index < -0.39 is 0 Å². The summed E-state index contributed by atoms with van der Waals surface area (Å²) in [5.74, 6) is -0.385. The van der Waals surface area contributed by atoms with Gasteiger partial charge in [0.25, 0.3) is 0 Å². The molecule has 0 saturated heterocycles. The highest BCUT2D eigenvalue weighted by Crippen LogP contribution is 2.37. The SMILES string of the molecule is CC1Sc2ccc(N(C)CC(N)=O)cc2NC1=O. The van der Waals surface area contributed by atoms with Gasteiger partial charge in [0.1, 0.15) is 0 Å². The molecule has 2 amide bonds. The van der Waals surface area contributed by atoms with Gasteiger partial charge in [-0.3, -0.25) is 9.59 Å². The van der Waals surface area contributed by atoms with Crippen molar-refractivity contribution in [3.63, 3.8) is 0 Å². The molecule has 6 heteroatoms. The molecule has 1 heterocycles. The number of primary amides is 1. The van der Waals surface area contributed by atoms with Crippen LogP contribution in [0.4, 0.5) is 11.4 Å². The van der Waals surface area contributed by atoms with Crippen molar-refractivity contribution < 1.29 is 9.59 Å². The van der Waals surface area contributed by atoms with Gasteiger partial charge in [-0.1, -0.05) is 0 Å². The fourth-order valence-corrected chi connectivity index (χ4v) is 2.69. The summed E-state index contributed by atoms with van der Waals surface area (Å²) < 4.78 is 0. The molecule has 1 aliphatic rings. The maximum absolute atomic E-state index is 11.6. The zero-order chi connectivity index (χ0) is 13.3. The van der Waals surface area contributed by atoms with Crippen molar-refractivity contribution in [2.75, 3.05) is 23.8 Å². The Hall–Kier alpha value is -1.69. The number of anilines is 2. The number of amides is 2. The molecule has 96 valence electrons. The van der Waals surface area contributed by atoms with E-state index in [9.17, 15) is 9.59 Å². The van der Waals surface area contributed by atoms with Gasteiger partial charge in [0, 0.05) is 17.6 Å². The number of carbonyl (C=O) groups is 2. The first-order valence-corrected chi connectivity index (χ1v) is 6.46. The molecule has 0 fully saturated rings. The van der Waals surface area contributed by atoms with Crippen molar-refractivity contribution in [2.45, 2.75) is 17.1 Å². The number of hydrogen-bond donors (Lipinski definition) is 2. The van der Waals surface area contributed by atoms with E-state index >= 15 is 0 Å². The standard InChI is InChI=1S/C12H15N3O2S/c1-7-12(17)14-9-5-8(3-4-10(9)18-7)15(2)6-11(13)16/h3-5,7H,6H2,1-2H3,(H2,13,16)(H,14,17). The molecule has 1 aromatic rings. The van der Waals surface area contributed by atoms with Crippen molar-refractivity contribution >= 4 is 35.0 Å². The Bertz CT molecular complexity index is 504. The summed E-state index contributed by atoms with van der Waals surface area (Å²) in [4.78, 5) is 25.3. The van der Waals surface area contributed by atoms with Crippen LogP contribution < -0.4 is 16.0 Å². The Balaban J connectivity index is 2.24. The van der Waals surface area contributed by atoms with Crippen LogP contribution in [0.5, 0.6) is 0 Å². The normalized spacial score (nSPS) is 17.9. The second kappa shape index (κ2) is 4.89. The van der Waals surface area contributed by atoms with Crippen LogP contribution in [0, 0.1) is 0 Å². The summed E-state index contributed by atoms with van der Waals surface area (Å²) in [6.45, 7) is 2.02. The first kappa shape index (κ1) is 12.8. The van der Waals surface area contributed by atoms with Crippen LogP contribution in [0.15, 0.2) is 23.1 Å². The van der Waals surface area contributed by atoms with Gasteiger partial charge in [0.2, 0.25) is 11.8 Å². The Kier molecular flexibility index (Phi) is 3.47. The summed E-state index contributed by atoms with van der Waals surface area (Å²) in [6.07, 6.45) is 0. The third-order valence-corrected chi connectivity index (χ3v) is 3.91. The molecule has 0 aromatic heterocycles. The highest BCUT2D eigenvalue weighted by molar-refractivity contribution is 8.00. The highest BCUT2D eigenvalue weighted by atomic mass is 32.2. The topological polar surface area (TPSA) is 75.4 Å². The molecule has 0 spiro atoms. The summed E-state index contributed by atoms with van der Waals surface area (Å²) in [5.41, 5.74) is 6.79. The Labute approximate surface area is 110 Å². The minimum Gasteiger partial charge on any atom is -0.368 e. The van der Waals surface area contributed by atoms with Gasteiger partial charge in [-0.05, 0) is 25.1 Å². The lowest BCUT2D eigenvalue weighted by atomic mass is 10.2. The van der Waals surface area contributed by atoms with E-state index in [1.165, 1.54) is 11.8 Å². The monoisotopic (exact) mass is 265 g/mol. The van der Waals surface area contributed by atoms with Crippen LogP contribution >= 0.6 is 11.8 Å². The van der Waals surface area contributed by atoms with E-state index in [-0.39, 0.29) is 23.6 Å². The molecule has 0 radical (unpaired) electrons. The number of nitrogens with two attached hydrogens (primary N) is 1. The quantitative estimate of drug-likeness (QED) is 0.856. The number of benzene rings is 1. The number of fused-ring (bicyclic) bond motifs is 1. The summed E-state index contributed by atoms with van der Waals surface area (Å²) in [6, 6.07) is 5.72. The molecule has 1 unspecified atom stereocenters. The lowest BCUT2D eigenvalue weighted by Gasteiger charge is -2.24. The predicted octanol–water partition coefficient (Wildman–Crippen LogP) is 1.04. The van der Waals surface area contributed by atoms with E-state index in [0.29, 0.717) is 0 Å². The number of nitrogens with one attached hydrogen (secondary N) is 1. The van der Waals surface area contributed by atoms with Crippen LogP contribution in [0.1, 0.15) is 6.92 Å². The third kappa shape index (κ3) is 2.59. The van der Waals surface area contributed by atoms with Gasteiger partial charge < -0.3 is 16.0 Å². The first-order chi connectivity index (χ1) is 8.47. The largest absolute Gasteiger partial charge is 0.368 e. The molecule has 5 nitrogen and oxygen atoms in total. The average molecular weight is 265 g/mol.